The lowest BCUT2D eigenvalue weighted by atomic mass is 10.1. The van der Waals surface area contributed by atoms with E-state index in [0.29, 0.717) is 17.9 Å². The Bertz CT molecular complexity index is 385. The lowest BCUT2D eigenvalue weighted by Gasteiger charge is -2.09. The Morgan fingerprint density at radius 3 is 2.56 bits per heavy atom. The number of rotatable bonds is 3. The molecule has 5 heteroatoms. The van der Waals surface area contributed by atoms with Crippen molar-refractivity contribution in [1.29, 1.82) is 0 Å². The molecule has 0 aliphatic carbocycles. The Morgan fingerprint density at radius 2 is 2.00 bits per heavy atom. The van der Waals surface area contributed by atoms with Crippen LogP contribution in [0.4, 0.5) is 13.2 Å². The maximum Gasteiger partial charge on any atom is 0.417 e. The molecule has 0 bridgehead atoms. The maximum atomic E-state index is 12.5. The van der Waals surface area contributed by atoms with Gasteiger partial charge in [-0.1, -0.05) is 34.1 Å². The van der Waals surface area contributed by atoms with Gasteiger partial charge < -0.3 is 0 Å². The minimum atomic E-state index is -4.34. The van der Waals surface area contributed by atoms with Crippen LogP contribution in [-0.4, -0.2) is 5.88 Å². The predicted molar refractivity (Wildman–Crippen MR) is 63.5 cm³/mol. The molecule has 0 atom stereocenters. The molecule has 1 aromatic carbocycles. The second-order valence-corrected chi connectivity index (χ2v) is 4.35. The highest BCUT2D eigenvalue weighted by atomic mass is 79.9. The molecule has 1 rings (SSSR count). The van der Waals surface area contributed by atoms with Gasteiger partial charge >= 0.3 is 6.18 Å². The van der Waals surface area contributed by atoms with Crippen molar-refractivity contribution in [3.05, 3.63) is 39.9 Å². The second-order valence-electron chi connectivity index (χ2n) is 3.12. The average Bonchev–Trinajstić information content (AvgIpc) is 2.19. The molecule has 0 saturated heterocycles. The zero-order valence-corrected chi connectivity index (χ0v) is 10.5. The summed E-state index contributed by atoms with van der Waals surface area (Å²) in [6.07, 6.45) is -0.325. The standard InChI is InChI=1S/C11H9BrClF3/c12-10-5-4-8(3-1-2-6-13)7-9(10)11(14,15)16/h1,3-5,7H,2,6H2. The van der Waals surface area contributed by atoms with Crippen LogP contribution < -0.4 is 0 Å². The maximum absolute atomic E-state index is 12.5. The number of allylic oxidation sites excluding steroid dienone is 1. The Kier molecular flexibility index (Phi) is 4.87. The molecule has 0 aromatic heterocycles. The van der Waals surface area contributed by atoms with Gasteiger partial charge in [0, 0.05) is 10.4 Å². The van der Waals surface area contributed by atoms with E-state index in [1.807, 2.05) is 0 Å². The third-order valence-corrected chi connectivity index (χ3v) is 2.79. The normalized spacial score (nSPS) is 12.3. The van der Waals surface area contributed by atoms with Crippen LogP contribution in [0.5, 0.6) is 0 Å². The van der Waals surface area contributed by atoms with E-state index in [1.165, 1.54) is 6.07 Å². The summed E-state index contributed by atoms with van der Waals surface area (Å²) in [7, 11) is 0. The molecule has 88 valence electrons. The molecular formula is C11H9BrClF3. The summed E-state index contributed by atoms with van der Waals surface area (Å²) >= 11 is 8.34. The van der Waals surface area contributed by atoms with E-state index < -0.39 is 11.7 Å². The molecule has 0 heterocycles. The van der Waals surface area contributed by atoms with Crippen LogP contribution in [0.3, 0.4) is 0 Å². The van der Waals surface area contributed by atoms with Gasteiger partial charge in [0.2, 0.25) is 0 Å². The van der Waals surface area contributed by atoms with Crippen LogP contribution in [0.2, 0.25) is 0 Å². The van der Waals surface area contributed by atoms with Crippen LogP contribution >= 0.6 is 27.5 Å². The number of halogens is 5. The molecule has 0 aliphatic heterocycles. The Hall–Kier alpha value is -0.480. The summed E-state index contributed by atoms with van der Waals surface area (Å²) in [4.78, 5) is 0. The largest absolute Gasteiger partial charge is 0.417 e. The van der Waals surface area contributed by atoms with Crippen LogP contribution in [-0.2, 0) is 6.18 Å². The molecule has 0 N–H and O–H groups in total. The van der Waals surface area contributed by atoms with Crippen molar-refractivity contribution < 1.29 is 13.2 Å². The quantitative estimate of drug-likeness (QED) is 0.680. The highest BCUT2D eigenvalue weighted by Crippen LogP contribution is 2.35. The minimum Gasteiger partial charge on any atom is -0.166 e. The van der Waals surface area contributed by atoms with Crippen molar-refractivity contribution in [3.63, 3.8) is 0 Å². The molecule has 0 saturated carbocycles. The third-order valence-electron chi connectivity index (χ3n) is 1.88. The van der Waals surface area contributed by atoms with Gasteiger partial charge in [0.05, 0.1) is 5.56 Å². The molecular weight excluding hydrogens is 304 g/mol. The SMILES string of the molecule is FC(F)(F)c1cc(C=CCCCl)ccc1Br. The fraction of sp³-hybridized carbons (Fsp3) is 0.273. The van der Waals surface area contributed by atoms with Crippen LogP contribution in [0.25, 0.3) is 6.08 Å². The van der Waals surface area contributed by atoms with Crippen molar-refractivity contribution in [3.8, 4) is 0 Å². The first-order valence-corrected chi connectivity index (χ1v) is 5.87. The average molecular weight is 314 g/mol. The van der Waals surface area contributed by atoms with Crippen molar-refractivity contribution in [1.82, 2.24) is 0 Å². The van der Waals surface area contributed by atoms with Gasteiger partial charge in [-0.15, -0.1) is 11.6 Å². The van der Waals surface area contributed by atoms with E-state index in [4.69, 9.17) is 11.6 Å². The Balaban J connectivity index is 2.99. The van der Waals surface area contributed by atoms with Crippen molar-refractivity contribution in [2.75, 3.05) is 5.88 Å². The summed E-state index contributed by atoms with van der Waals surface area (Å²) in [5, 5.41) is 0. The van der Waals surface area contributed by atoms with Crippen molar-refractivity contribution in [2.45, 2.75) is 12.6 Å². The third kappa shape index (κ3) is 3.83. The smallest absolute Gasteiger partial charge is 0.166 e. The van der Waals surface area contributed by atoms with E-state index in [0.717, 1.165) is 6.07 Å². The molecule has 0 amide bonds. The van der Waals surface area contributed by atoms with E-state index in [2.05, 4.69) is 15.9 Å². The monoisotopic (exact) mass is 312 g/mol. The van der Waals surface area contributed by atoms with Crippen LogP contribution in [0, 0.1) is 0 Å². The summed E-state index contributed by atoms with van der Waals surface area (Å²) in [5.74, 6) is 0.457. The Labute approximate surface area is 105 Å². The van der Waals surface area contributed by atoms with Crippen LogP contribution in [0.15, 0.2) is 28.7 Å². The zero-order chi connectivity index (χ0) is 12.2. The number of hydrogen-bond donors (Lipinski definition) is 0. The van der Waals surface area contributed by atoms with Gasteiger partial charge in [-0.2, -0.15) is 13.2 Å². The number of alkyl halides is 4. The van der Waals surface area contributed by atoms with Gasteiger partial charge in [-0.05, 0) is 24.1 Å². The molecule has 16 heavy (non-hydrogen) atoms. The van der Waals surface area contributed by atoms with Gasteiger partial charge in [0.25, 0.3) is 0 Å². The lowest BCUT2D eigenvalue weighted by molar-refractivity contribution is -0.138. The summed E-state index contributed by atoms with van der Waals surface area (Å²) in [6.45, 7) is 0. The van der Waals surface area contributed by atoms with E-state index in [9.17, 15) is 13.2 Å². The van der Waals surface area contributed by atoms with Crippen molar-refractivity contribution in [2.24, 2.45) is 0 Å². The van der Waals surface area contributed by atoms with E-state index >= 15 is 0 Å². The van der Waals surface area contributed by atoms with Crippen molar-refractivity contribution >= 4 is 33.6 Å². The van der Waals surface area contributed by atoms with Crippen LogP contribution in [0.1, 0.15) is 17.5 Å². The van der Waals surface area contributed by atoms with Gasteiger partial charge in [-0.25, -0.2) is 0 Å². The van der Waals surface area contributed by atoms with Gasteiger partial charge in [0.1, 0.15) is 0 Å². The Morgan fingerprint density at radius 1 is 1.31 bits per heavy atom. The first kappa shape index (κ1) is 13.6. The summed E-state index contributed by atoms with van der Waals surface area (Å²) in [6, 6.07) is 4.11. The molecule has 0 radical (unpaired) electrons. The first-order chi connectivity index (χ1) is 7.45. The van der Waals surface area contributed by atoms with E-state index in [1.54, 1.807) is 18.2 Å². The lowest BCUT2D eigenvalue weighted by Crippen LogP contribution is -2.06. The number of hydrogen-bond acceptors (Lipinski definition) is 0. The molecule has 0 unspecified atom stereocenters. The van der Waals surface area contributed by atoms with E-state index in [-0.39, 0.29) is 4.47 Å². The molecule has 0 aliphatic rings. The predicted octanol–water partition coefficient (Wildman–Crippen LogP) is 5.11. The molecule has 0 nitrogen and oxygen atoms in total. The molecule has 0 spiro atoms. The van der Waals surface area contributed by atoms with Gasteiger partial charge in [0.15, 0.2) is 0 Å². The summed E-state index contributed by atoms with van der Waals surface area (Å²) in [5.41, 5.74) is -0.152. The van der Waals surface area contributed by atoms with Gasteiger partial charge in [-0.3, -0.25) is 0 Å². The highest BCUT2D eigenvalue weighted by molar-refractivity contribution is 9.10. The first-order valence-electron chi connectivity index (χ1n) is 4.54. The highest BCUT2D eigenvalue weighted by Gasteiger charge is 2.32. The number of benzene rings is 1. The second kappa shape index (κ2) is 5.73. The fourth-order valence-electron chi connectivity index (χ4n) is 1.15. The molecule has 0 fully saturated rings. The zero-order valence-electron chi connectivity index (χ0n) is 8.19. The summed E-state index contributed by atoms with van der Waals surface area (Å²) < 4.78 is 37.7. The fourth-order valence-corrected chi connectivity index (χ4v) is 1.74. The topological polar surface area (TPSA) is 0 Å². The minimum absolute atomic E-state index is 0.0505. The molecule has 1 aromatic rings.